The zero-order chi connectivity index (χ0) is 43.3. The summed E-state index contributed by atoms with van der Waals surface area (Å²) in [7, 11) is 0. The Morgan fingerprint density at radius 3 is 1.67 bits per heavy atom. The van der Waals surface area contributed by atoms with E-state index >= 15 is 0 Å². The lowest BCUT2D eigenvalue weighted by molar-refractivity contribution is 0.991. The minimum atomic E-state index is 1.03. The van der Waals surface area contributed by atoms with E-state index in [4.69, 9.17) is 0 Å². The summed E-state index contributed by atoms with van der Waals surface area (Å²) in [5.41, 5.74) is 16.8. The van der Waals surface area contributed by atoms with Crippen LogP contribution in [0.2, 0.25) is 0 Å². The van der Waals surface area contributed by atoms with Crippen molar-refractivity contribution in [2.24, 2.45) is 0 Å². The molecular weight excluding hydrogens is 815 g/mol. The van der Waals surface area contributed by atoms with E-state index in [1.165, 1.54) is 136 Å². The number of fused-ring (bicyclic) bond motifs is 10. The van der Waals surface area contributed by atoms with Gasteiger partial charge in [0.05, 0.1) is 11.0 Å². The van der Waals surface area contributed by atoms with Crippen LogP contribution < -0.4 is 0 Å². The first kappa shape index (κ1) is 37.3. The molecule has 0 spiro atoms. The zero-order valence-corrected chi connectivity index (χ0v) is 36.9. The Balaban J connectivity index is 0.980. The maximum atomic E-state index is 2.48. The predicted octanol–water partition coefficient (Wildman–Crippen LogP) is 18.2. The lowest BCUT2D eigenvalue weighted by atomic mass is 9.80. The summed E-state index contributed by atoms with van der Waals surface area (Å²) in [5.74, 6) is 0. The van der Waals surface area contributed by atoms with E-state index in [9.17, 15) is 0 Å². The number of nitrogens with zero attached hydrogens (tertiary/aromatic N) is 1. The number of hydrogen-bond acceptors (Lipinski definition) is 1. The average molecular weight is 856 g/mol. The van der Waals surface area contributed by atoms with Crippen LogP contribution in [0.5, 0.6) is 0 Å². The van der Waals surface area contributed by atoms with Crippen LogP contribution in [0.3, 0.4) is 0 Å². The fourth-order valence-electron chi connectivity index (χ4n) is 11.5. The Hall–Kier alpha value is -8.04. The van der Waals surface area contributed by atoms with Gasteiger partial charge in [-0.3, -0.25) is 0 Å². The third kappa shape index (κ3) is 5.52. The zero-order valence-electron chi connectivity index (χ0n) is 36.1. The molecule has 0 amide bonds. The summed E-state index contributed by atoms with van der Waals surface area (Å²) in [6.07, 6.45) is 6.81. The first-order chi connectivity index (χ1) is 32.8. The van der Waals surface area contributed by atoms with Gasteiger partial charge in [-0.1, -0.05) is 182 Å². The van der Waals surface area contributed by atoms with Gasteiger partial charge in [-0.25, -0.2) is 0 Å². The van der Waals surface area contributed by atoms with Crippen LogP contribution in [0.1, 0.15) is 17.5 Å². The number of aromatic nitrogens is 1. The molecule has 14 rings (SSSR count). The molecule has 2 aromatic heterocycles. The summed E-state index contributed by atoms with van der Waals surface area (Å²) < 4.78 is 5.03. The van der Waals surface area contributed by atoms with Gasteiger partial charge in [-0.15, -0.1) is 11.3 Å². The van der Waals surface area contributed by atoms with Crippen molar-refractivity contribution in [3.8, 4) is 50.2 Å². The van der Waals surface area contributed by atoms with Crippen LogP contribution in [-0.4, -0.2) is 4.57 Å². The van der Waals surface area contributed by atoms with Gasteiger partial charge in [0.25, 0.3) is 0 Å². The van der Waals surface area contributed by atoms with Gasteiger partial charge in [0.2, 0.25) is 0 Å². The molecule has 0 aliphatic heterocycles. The highest BCUT2D eigenvalue weighted by atomic mass is 32.1. The van der Waals surface area contributed by atoms with Crippen LogP contribution in [0.4, 0.5) is 0 Å². The number of rotatable bonds is 5. The van der Waals surface area contributed by atoms with Crippen LogP contribution in [0, 0.1) is 0 Å². The lowest BCUT2D eigenvalue weighted by Crippen LogP contribution is -2.02. The van der Waals surface area contributed by atoms with E-state index < -0.39 is 0 Å². The third-order valence-electron chi connectivity index (χ3n) is 14.2. The minimum absolute atomic E-state index is 1.03. The van der Waals surface area contributed by atoms with Crippen molar-refractivity contribution in [1.82, 2.24) is 4.57 Å². The predicted molar refractivity (Wildman–Crippen MR) is 285 cm³/mol. The summed E-state index contributed by atoms with van der Waals surface area (Å²) >= 11 is 1.92. The molecular formula is C64H41NS. The molecule has 13 aromatic rings. The second kappa shape index (κ2) is 14.8. The smallest absolute Gasteiger partial charge is 0.0541 e. The Morgan fingerprint density at radius 2 is 0.939 bits per heavy atom. The molecule has 0 saturated heterocycles. The molecule has 2 heteroatoms. The fraction of sp³-hybridized carbons (Fsp3) is 0.0312. The average Bonchev–Trinajstić information content (AvgIpc) is 3.93. The Morgan fingerprint density at radius 1 is 0.364 bits per heavy atom. The van der Waals surface area contributed by atoms with E-state index in [1.54, 1.807) is 0 Å². The molecule has 66 heavy (non-hydrogen) atoms. The van der Waals surface area contributed by atoms with Gasteiger partial charge < -0.3 is 4.57 Å². The van der Waals surface area contributed by atoms with Crippen molar-refractivity contribution in [3.63, 3.8) is 0 Å². The van der Waals surface area contributed by atoms with E-state index in [1.807, 2.05) is 11.3 Å². The van der Waals surface area contributed by atoms with Gasteiger partial charge in [0.15, 0.2) is 0 Å². The molecule has 1 aliphatic carbocycles. The molecule has 1 nitrogen and oxygen atoms in total. The maximum Gasteiger partial charge on any atom is 0.0541 e. The van der Waals surface area contributed by atoms with Crippen molar-refractivity contribution in [1.29, 1.82) is 0 Å². The van der Waals surface area contributed by atoms with Gasteiger partial charge in [-0.05, 0) is 143 Å². The highest BCUT2D eigenvalue weighted by molar-refractivity contribution is 7.26. The van der Waals surface area contributed by atoms with Gasteiger partial charge in [0, 0.05) is 36.6 Å². The van der Waals surface area contributed by atoms with Crippen molar-refractivity contribution in [3.05, 3.63) is 230 Å². The standard InChI is InChI=1S/C64H41NS/c1-3-18-40(19-4-1)60-45-23-7-9-25-47(45)62(48-26-10-8-24-46(48)60)42-34-36-53-59(39-42)66-58-33-17-31-54(64(53)58)63-51-29-13-11-27-49(51)61(50-28-12-14-30-52(50)63)41-35-37-57-55(38-41)44-22-15-16-32-56(44)65(57)43-20-5-2-6-21-43/h1-9,11-25,27-39H,10,26H2. The van der Waals surface area contributed by atoms with Crippen LogP contribution in [0.15, 0.2) is 218 Å². The molecule has 0 atom stereocenters. The van der Waals surface area contributed by atoms with Crippen LogP contribution >= 0.6 is 11.3 Å². The van der Waals surface area contributed by atoms with E-state index in [2.05, 4.69) is 229 Å². The van der Waals surface area contributed by atoms with Crippen molar-refractivity contribution >= 4 is 91.7 Å². The highest BCUT2D eigenvalue weighted by Gasteiger charge is 2.24. The quantitative estimate of drug-likeness (QED) is 0.152. The topological polar surface area (TPSA) is 4.93 Å². The summed E-state index contributed by atoms with van der Waals surface area (Å²) in [4.78, 5) is 0. The van der Waals surface area contributed by atoms with Crippen molar-refractivity contribution in [2.75, 3.05) is 0 Å². The molecule has 1 aliphatic rings. The second-order valence-corrected chi connectivity index (χ2v) is 18.8. The van der Waals surface area contributed by atoms with E-state index in [0.717, 1.165) is 12.8 Å². The first-order valence-electron chi connectivity index (χ1n) is 23.1. The first-order valence-corrected chi connectivity index (χ1v) is 23.9. The second-order valence-electron chi connectivity index (χ2n) is 17.7. The monoisotopic (exact) mass is 855 g/mol. The SMILES string of the molecule is C1=Cc2c(c(-c3ccc4c(c3)sc3cccc(-c5c6ccccc6c(-c6ccc7c(c6)c6ccccc6n7-c6ccccc6)c6ccccc56)c34)c3ccccc3c2-c2ccccc2)CC1. The Labute approximate surface area is 386 Å². The lowest BCUT2D eigenvalue weighted by Gasteiger charge is -2.23. The van der Waals surface area contributed by atoms with Gasteiger partial charge in [0.1, 0.15) is 0 Å². The van der Waals surface area contributed by atoms with E-state index in [-0.39, 0.29) is 0 Å². The number of hydrogen-bond donors (Lipinski definition) is 0. The molecule has 0 fully saturated rings. The molecule has 11 aromatic carbocycles. The molecule has 308 valence electrons. The molecule has 0 N–H and O–H groups in total. The number of thiophene rings is 1. The number of benzene rings is 11. The van der Waals surface area contributed by atoms with Gasteiger partial charge >= 0.3 is 0 Å². The van der Waals surface area contributed by atoms with E-state index in [0.29, 0.717) is 0 Å². The molecule has 0 unspecified atom stereocenters. The van der Waals surface area contributed by atoms with Crippen LogP contribution in [0.25, 0.3) is 131 Å². The Bertz CT molecular complexity index is 4090. The number of allylic oxidation sites excluding steroid dienone is 1. The maximum absolute atomic E-state index is 2.48. The summed E-state index contributed by atoms with van der Waals surface area (Å²) in [5, 5.41) is 12.9. The summed E-state index contributed by atoms with van der Waals surface area (Å²) in [6.45, 7) is 0. The molecule has 0 radical (unpaired) electrons. The Kier molecular flexibility index (Phi) is 8.35. The molecule has 2 heterocycles. The fourth-order valence-corrected chi connectivity index (χ4v) is 12.7. The van der Waals surface area contributed by atoms with Crippen molar-refractivity contribution < 1.29 is 0 Å². The van der Waals surface area contributed by atoms with Gasteiger partial charge in [-0.2, -0.15) is 0 Å². The molecule has 0 bridgehead atoms. The minimum Gasteiger partial charge on any atom is -0.309 e. The molecule has 0 saturated carbocycles. The summed E-state index contributed by atoms with van der Waals surface area (Å²) in [6, 6.07) is 79.1. The number of para-hydroxylation sites is 2. The highest BCUT2D eigenvalue weighted by Crippen LogP contribution is 2.50. The third-order valence-corrected chi connectivity index (χ3v) is 15.3. The largest absolute Gasteiger partial charge is 0.309 e. The van der Waals surface area contributed by atoms with Crippen LogP contribution in [-0.2, 0) is 6.42 Å². The van der Waals surface area contributed by atoms with Crippen molar-refractivity contribution in [2.45, 2.75) is 12.8 Å². The normalized spacial score (nSPS) is 12.7.